The first-order valence-corrected chi connectivity index (χ1v) is 31.7. The molecule has 70 heavy (non-hydrogen) atoms. The third-order valence-corrected chi connectivity index (χ3v) is 22.9. The van der Waals surface area contributed by atoms with E-state index in [1.807, 2.05) is 0 Å². The van der Waals surface area contributed by atoms with Crippen LogP contribution in [0, 0.1) is 17.8 Å². The molecule has 3 aliphatic rings. The van der Waals surface area contributed by atoms with Gasteiger partial charge in [-0.05, 0) is 218 Å². The number of rotatable bonds is 21. The maximum atomic E-state index is 12.2. The zero-order valence-electron chi connectivity index (χ0n) is 47.8. The van der Waals surface area contributed by atoms with Crippen molar-refractivity contribution < 1.29 is 43.1 Å². The molecule has 19 heteroatoms. The highest BCUT2D eigenvalue weighted by molar-refractivity contribution is 7.53. The van der Waals surface area contributed by atoms with Gasteiger partial charge in [-0.15, -0.1) is 0 Å². The van der Waals surface area contributed by atoms with Crippen LogP contribution in [0.3, 0.4) is 0 Å². The van der Waals surface area contributed by atoms with E-state index in [2.05, 4.69) is 140 Å². The Labute approximate surface area is 439 Å². The Balaban J connectivity index is 0.00000101. The third kappa shape index (κ3) is 19.6. The van der Waals surface area contributed by atoms with Crippen LogP contribution in [0.1, 0.15) is 219 Å². The molecule has 0 saturated carbocycles. The number of hydrogen-bond donors (Lipinski definition) is 9. The maximum absolute atomic E-state index is 12.2. The fraction of sp³-hybridized carbons (Fsp3) is 1.00. The molecule has 0 aromatic carbocycles. The molecule has 0 bridgehead atoms. The van der Waals surface area contributed by atoms with E-state index >= 15 is 0 Å². The summed E-state index contributed by atoms with van der Waals surface area (Å²) in [5.74, 6) is -0.0550. The summed E-state index contributed by atoms with van der Waals surface area (Å²) in [5.41, 5.74) is 15.9. The predicted octanol–water partition coefficient (Wildman–Crippen LogP) is 9.64. The van der Waals surface area contributed by atoms with Gasteiger partial charge in [-0.1, -0.05) is 40.0 Å². The summed E-state index contributed by atoms with van der Waals surface area (Å²) in [6.07, 6.45) is 14.7. The molecule has 15 nitrogen and oxygen atoms in total. The van der Waals surface area contributed by atoms with Crippen molar-refractivity contribution in [3.8, 4) is 0 Å². The van der Waals surface area contributed by atoms with Crippen LogP contribution >= 0.6 is 22.8 Å². The van der Waals surface area contributed by atoms with Crippen molar-refractivity contribution in [2.45, 2.75) is 288 Å². The summed E-state index contributed by atoms with van der Waals surface area (Å²) < 4.78 is 36.6. The molecule has 417 valence electrons. The number of nitrogens with zero attached hydrogens (tertiary/aromatic N) is 3. The second kappa shape index (κ2) is 27.9. The van der Waals surface area contributed by atoms with Crippen molar-refractivity contribution in [2.24, 2.45) is 35.0 Å². The van der Waals surface area contributed by atoms with Crippen LogP contribution in [0.15, 0.2) is 0 Å². The van der Waals surface area contributed by atoms with Gasteiger partial charge in [0.1, 0.15) is 0 Å². The summed E-state index contributed by atoms with van der Waals surface area (Å²) in [6.45, 7) is 32.2. The molecule has 3 radical (unpaired) electrons. The highest BCUT2D eigenvalue weighted by atomic mass is 31.2. The Morgan fingerprint density at radius 2 is 0.600 bits per heavy atom. The van der Waals surface area contributed by atoms with Gasteiger partial charge in [-0.3, -0.25) is 28.4 Å². The number of likely N-dealkylation sites (tertiary alicyclic amines) is 3. The molecule has 3 aliphatic heterocycles. The Hall–Kier alpha value is 0.742. The van der Waals surface area contributed by atoms with E-state index in [9.17, 15) is 43.1 Å². The molecule has 3 fully saturated rings. The first kappa shape index (κ1) is 70.7. The van der Waals surface area contributed by atoms with Gasteiger partial charge in [0.05, 0.1) is 17.0 Å². The quantitative estimate of drug-likeness (QED) is 0.0383. The Bertz CT molecular complexity index is 1500. The maximum Gasteiger partial charge on any atom is 0.328 e. The predicted molar refractivity (Wildman–Crippen MR) is 296 cm³/mol. The van der Waals surface area contributed by atoms with Crippen LogP contribution < -0.4 is 17.2 Å². The fourth-order valence-corrected chi connectivity index (χ4v) is 17.1. The molecule has 0 aromatic rings. The van der Waals surface area contributed by atoms with Gasteiger partial charge in [0.25, 0.3) is 0 Å². The lowest BCUT2D eigenvalue weighted by Crippen LogP contribution is -2.62. The lowest BCUT2D eigenvalue weighted by Gasteiger charge is -2.56. The van der Waals surface area contributed by atoms with E-state index in [-0.39, 0.29) is 86.5 Å². The van der Waals surface area contributed by atoms with E-state index in [1.165, 1.54) is 0 Å². The first-order chi connectivity index (χ1) is 31.0. The molecular formula is C51H111AlN6O9P3. The number of hydrogen-bond acceptors (Lipinski definition) is 9. The van der Waals surface area contributed by atoms with Crippen molar-refractivity contribution in [1.29, 1.82) is 0 Å². The van der Waals surface area contributed by atoms with Crippen molar-refractivity contribution >= 4 is 40.1 Å². The molecule has 9 atom stereocenters. The average molecular weight is 1070 g/mol. The molecule has 12 N–H and O–H groups in total. The number of piperidine rings is 3. The lowest BCUT2D eigenvalue weighted by atomic mass is 9.70. The van der Waals surface area contributed by atoms with Gasteiger partial charge in [0.2, 0.25) is 0 Å². The van der Waals surface area contributed by atoms with Crippen molar-refractivity contribution in [3.05, 3.63) is 0 Å². The van der Waals surface area contributed by atoms with Gasteiger partial charge in [0, 0.05) is 68.7 Å². The molecule has 3 rings (SSSR count). The Morgan fingerprint density at radius 3 is 0.757 bits per heavy atom. The average Bonchev–Trinajstić information content (AvgIpc) is 3.18. The van der Waals surface area contributed by atoms with Crippen LogP contribution in [-0.4, -0.2) is 151 Å². The first-order valence-electron chi connectivity index (χ1n) is 26.7. The summed E-state index contributed by atoms with van der Waals surface area (Å²) in [6, 6.07) is 0.111. The second-order valence-electron chi connectivity index (χ2n) is 25.4. The van der Waals surface area contributed by atoms with E-state index < -0.39 is 39.8 Å². The molecule has 9 unspecified atom stereocenters. The van der Waals surface area contributed by atoms with Crippen molar-refractivity contribution in [3.63, 3.8) is 0 Å². The van der Waals surface area contributed by atoms with Crippen molar-refractivity contribution in [1.82, 2.24) is 14.7 Å². The fourth-order valence-electron chi connectivity index (χ4n) is 12.7. The molecular weight excluding hydrogens is 960 g/mol. The van der Waals surface area contributed by atoms with Gasteiger partial charge in [-0.25, -0.2) is 0 Å². The van der Waals surface area contributed by atoms with Crippen LogP contribution in [0.2, 0.25) is 0 Å². The SMILES string of the molecule is CCCC(N)CCC(C1CCC(C)(C)N(C)C1(C)C)P(=O)(O)O.CCCC(N)CCC(C1CCC(C)(C)N(C)C1(C)C)P(=O)(O)O.CCCC(N)CCC(C1CCC(C)(C)N(C)C1(C)C)P(=O)(O)O.[Al]. The molecule has 0 aliphatic carbocycles. The van der Waals surface area contributed by atoms with E-state index in [4.69, 9.17) is 17.2 Å². The minimum atomic E-state index is -4.15. The van der Waals surface area contributed by atoms with Gasteiger partial charge in [0.15, 0.2) is 0 Å². The summed E-state index contributed by atoms with van der Waals surface area (Å²) >= 11 is 0. The van der Waals surface area contributed by atoms with Gasteiger partial charge < -0.3 is 46.6 Å². The topological polar surface area (TPSA) is 260 Å². The largest absolute Gasteiger partial charge is 0.328 e. The van der Waals surface area contributed by atoms with Crippen LogP contribution in [0.25, 0.3) is 0 Å². The third-order valence-electron chi connectivity index (χ3n) is 18.4. The summed E-state index contributed by atoms with van der Waals surface area (Å²) in [5, 5.41) is 0. The molecule has 0 aromatic heterocycles. The molecule has 3 heterocycles. The Morgan fingerprint density at radius 1 is 0.414 bits per heavy atom. The normalized spacial score (nSPS) is 27.2. The monoisotopic (exact) mass is 1070 g/mol. The van der Waals surface area contributed by atoms with E-state index in [0.717, 1.165) is 77.0 Å². The molecule has 0 spiro atoms. The smallest absolute Gasteiger partial charge is 0.328 e. The highest BCUT2D eigenvalue weighted by Gasteiger charge is 2.54. The van der Waals surface area contributed by atoms with Gasteiger partial charge >= 0.3 is 22.8 Å². The van der Waals surface area contributed by atoms with E-state index in [1.54, 1.807) is 0 Å². The highest BCUT2D eigenvalue weighted by Crippen LogP contribution is 2.58. The standard InChI is InChI=1S/3C17H37N2O3P.Al/c3*1-7-8-13(18)9-10-15(23(20,21)22)14-11-12-16(2,3)19(6)17(14,4)5;/h3*13-15H,7-12,18H2,1-6H3,(H2,20,21,22);. The van der Waals surface area contributed by atoms with Crippen molar-refractivity contribution in [2.75, 3.05) is 21.1 Å². The molecule has 3 saturated heterocycles. The minimum absolute atomic E-state index is 0. The van der Waals surface area contributed by atoms with Gasteiger partial charge in [-0.2, -0.15) is 0 Å². The lowest BCUT2D eigenvalue weighted by molar-refractivity contribution is -0.0483. The van der Waals surface area contributed by atoms with E-state index in [0.29, 0.717) is 38.5 Å². The minimum Gasteiger partial charge on any atom is -0.328 e. The van der Waals surface area contributed by atoms with Crippen LogP contribution in [0.4, 0.5) is 0 Å². The zero-order valence-corrected chi connectivity index (χ0v) is 51.7. The summed E-state index contributed by atoms with van der Waals surface area (Å²) in [7, 11) is -6.22. The number of nitrogens with two attached hydrogens (primary N) is 3. The molecule has 0 amide bonds. The zero-order chi connectivity index (χ0) is 54.2. The second-order valence-corrected chi connectivity index (χ2v) is 30.9. The summed E-state index contributed by atoms with van der Waals surface area (Å²) in [4.78, 5) is 66.7. The Kier molecular flexibility index (Phi) is 28.2. The van der Waals surface area contributed by atoms with Crippen LogP contribution in [-0.2, 0) is 13.7 Å². The van der Waals surface area contributed by atoms with Crippen LogP contribution in [0.5, 0.6) is 0 Å².